The summed E-state index contributed by atoms with van der Waals surface area (Å²) in [7, 11) is 0. The lowest BCUT2D eigenvalue weighted by molar-refractivity contribution is 0.288. The summed E-state index contributed by atoms with van der Waals surface area (Å²) in [5.41, 5.74) is 0. The van der Waals surface area contributed by atoms with E-state index in [1.165, 1.54) is 19.0 Å². The van der Waals surface area contributed by atoms with Crippen molar-refractivity contribution in [2.45, 2.75) is 12.8 Å². The zero-order chi connectivity index (χ0) is 9.26. The molecule has 0 spiro atoms. The molecule has 5 heteroatoms. The zero-order valence-corrected chi connectivity index (χ0v) is 8.35. The maximum atomic E-state index is 5.79. The van der Waals surface area contributed by atoms with Crippen LogP contribution in [-0.2, 0) is 0 Å². The van der Waals surface area contributed by atoms with Gasteiger partial charge in [-0.2, -0.15) is 4.98 Å². The van der Waals surface area contributed by atoms with E-state index in [0.29, 0.717) is 23.4 Å². The molecule has 0 aromatic carbocycles. The maximum absolute atomic E-state index is 5.79. The fourth-order valence-corrected chi connectivity index (χ4v) is 1.18. The van der Waals surface area contributed by atoms with E-state index in [-0.39, 0.29) is 5.28 Å². The molecule has 1 fully saturated rings. The highest BCUT2D eigenvalue weighted by Gasteiger charge is 2.22. The van der Waals surface area contributed by atoms with Gasteiger partial charge in [0.25, 0.3) is 0 Å². The van der Waals surface area contributed by atoms with Crippen molar-refractivity contribution in [3.63, 3.8) is 0 Å². The van der Waals surface area contributed by atoms with Gasteiger partial charge in [-0.15, -0.1) is 0 Å². The molecule has 70 valence electrons. The molecule has 1 heterocycles. The molecule has 0 saturated heterocycles. The van der Waals surface area contributed by atoms with Crippen LogP contribution in [0.4, 0.5) is 0 Å². The largest absolute Gasteiger partial charge is 0.476 e. The van der Waals surface area contributed by atoms with Gasteiger partial charge in [0.2, 0.25) is 11.2 Å². The Kier molecular flexibility index (Phi) is 2.56. The molecule has 2 rings (SSSR count). The quantitative estimate of drug-likeness (QED) is 0.732. The number of ether oxygens (including phenoxy) is 1. The van der Waals surface area contributed by atoms with Gasteiger partial charge in [0.15, 0.2) is 0 Å². The smallest absolute Gasteiger partial charge is 0.237 e. The molecule has 1 aromatic rings. The van der Waals surface area contributed by atoms with Crippen LogP contribution in [0.5, 0.6) is 5.88 Å². The van der Waals surface area contributed by atoms with Crippen molar-refractivity contribution in [3.8, 4) is 5.88 Å². The molecule has 0 aliphatic heterocycles. The number of hydrogen-bond acceptors (Lipinski definition) is 3. The zero-order valence-electron chi connectivity index (χ0n) is 6.83. The monoisotopic (exact) mass is 218 g/mol. The van der Waals surface area contributed by atoms with Gasteiger partial charge in [0, 0.05) is 0 Å². The molecule has 13 heavy (non-hydrogen) atoms. The molecule has 0 unspecified atom stereocenters. The average molecular weight is 219 g/mol. The van der Waals surface area contributed by atoms with Crippen LogP contribution in [0.3, 0.4) is 0 Å². The number of rotatable bonds is 3. The van der Waals surface area contributed by atoms with Crippen LogP contribution in [-0.4, -0.2) is 16.6 Å². The van der Waals surface area contributed by atoms with E-state index in [1.807, 2.05) is 0 Å². The molecular weight excluding hydrogens is 211 g/mol. The first-order valence-electron chi connectivity index (χ1n) is 4.06. The third-order valence-corrected chi connectivity index (χ3v) is 2.28. The van der Waals surface area contributed by atoms with Crippen LogP contribution in [0, 0.1) is 5.92 Å². The Bertz CT molecular complexity index is 315. The van der Waals surface area contributed by atoms with Gasteiger partial charge in [-0.05, 0) is 30.4 Å². The molecule has 0 bridgehead atoms. The second-order valence-electron chi connectivity index (χ2n) is 3.05. The first kappa shape index (κ1) is 9.03. The summed E-state index contributed by atoms with van der Waals surface area (Å²) in [4.78, 5) is 7.60. The van der Waals surface area contributed by atoms with Crippen molar-refractivity contribution < 1.29 is 4.74 Å². The normalized spacial score (nSPS) is 15.8. The number of aromatic nitrogens is 2. The number of halogens is 2. The highest BCUT2D eigenvalue weighted by atomic mass is 35.5. The Morgan fingerprint density at radius 2 is 2.23 bits per heavy atom. The van der Waals surface area contributed by atoms with Gasteiger partial charge < -0.3 is 4.74 Å². The van der Waals surface area contributed by atoms with E-state index in [4.69, 9.17) is 27.9 Å². The third kappa shape index (κ3) is 2.45. The standard InChI is InChI=1S/C8H8Cl2N2O/c9-6-3-11-8(10)12-7(6)13-4-5-1-2-5/h3,5H,1-2,4H2. The van der Waals surface area contributed by atoms with E-state index in [1.54, 1.807) is 0 Å². The molecule has 1 saturated carbocycles. The molecule has 0 amide bonds. The minimum atomic E-state index is 0.162. The fourth-order valence-electron chi connectivity index (χ4n) is 0.914. The van der Waals surface area contributed by atoms with E-state index in [0.717, 1.165) is 0 Å². The minimum absolute atomic E-state index is 0.162. The Balaban J connectivity index is 2.03. The number of hydrogen-bond donors (Lipinski definition) is 0. The topological polar surface area (TPSA) is 35.0 Å². The lowest BCUT2D eigenvalue weighted by atomic mass is 10.5. The van der Waals surface area contributed by atoms with Crippen LogP contribution in [0.1, 0.15) is 12.8 Å². The summed E-state index contributed by atoms with van der Waals surface area (Å²) in [5, 5.41) is 0.570. The first-order valence-corrected chi connectivity index (χ1v) is 4.82. The van der Waals surface area contributed by atoms with Crippen LogP contribution in [0.15, 0.2) is 6.20 Å². The molecule has 1 aromatic heterocycles. The van der Waals surface area contributed by atoms with Gasteiger partial charge in [0.1, 0.15) is 5.02 Å². The van der Waals surface area contributed by atoms with Gasteiger partial charge in [0.05, 0.1) is 12.8 Å². The van der Waals surface area contributed by atoms with Crippen molar-refractivity contribution in [1.29, 1.82) is 0 Å². The second-order valence-corrected chi connectivity index (χ2v) is 3.79. The Hall–Kier alpha value is -0.540. The van der Waals surface area contributed by atoms with Crippen molar-refractivity contribution in [3.05, 3.63) is 16.5 Å². The summed E-state index contributed by atoms with van der Waals surface area (Å²) < 4.78 is 5.37. The SMILES string of the molecule is Clc1ncc(Cl)c(OCC2CC2)n1. The summed E-state index contributed by atoms with van der Waals surface area (Å²) in [5.74, 6) is 1.05. The Morgan fingerprint density at radius 3 is 2.92 bits per heavy atom. The molecular formula is C8H8Cl2N2O. The van der Waals surface area contributed by atoms with E-state index in [9.17, 15) is 0 Å². The Morgan fingerprint density at radius 1 is 1.46 bits per heavy atom. The van der Waals surface area contributed by atoms with Crippen molar-refractivity contribution in [2.24, 2.45) is 5.92 Å². The van der Waals surface area contributed by atoms with Gasteiger partial charge in [-0.1, -0.05) is 11.6 Å². The van der Waals surface area contributed by atoms with E-state index >= 15 is 0 Å². The third-order valence-electron chi connectivity index (χ3n) is 1.84. The molecule has 0 radical (unpaired) electrons. The van der Waals surface area contributed by atoms with Crippen LogP contribution < -0.4 is 4.74 Å². The minimum Gasteiger partial charge on any atom is -0.476 e. The lowest BCUT2D eigenvalue weighted by Crippen LogP contribution is -2.01. The van der Waals surface area contributed by atoms with Crippen LogP contribution in [0.25, 0.3) is 0 Å². The summed E-state index contributed by atoms with van der Waals surface area (Å²) >= 11 is 11.4. The molecule has 0 atom stereocenters. The first-order chi connectivity index (χ1) is 6.25. The summed E-state index contributed by atoms with van der Waals surface area (Å²) in [6.07, 6.45) is 3.91. The van der Waals surface area contributed by atoms with Gasteiger partial charge >= 0.3 is 0 Å². The molecule has 3 nitrogen and oxygen atoms in total. The van der Waals surface area contributed by atoms with Crippen molar-refractivity contribution in [2.75, 3.05) is 6.61 Å². The molecule has 0 N–H and O–H groups in total. The summed E-state index contributed by atoms with van der Waals surface area (Å²) in [6, 6.07) is 0. The Labute approximate surface area is 86.0 Å². The van der Waals surface area contributed by atoms with Gasteiger partial charge in [-0.25, -0.2) is 4.98 Å². The number of nitrogens with zero attached hydrogens (tertiary/aromatic N) is 2. The van der Waals surface area contributed by atoms with Crippen molar-refractivity contribution >= 4 is 23.2 Å². The highest BCUT2D eigenvalue weighted by molar-refractivity contribution is 6.32. The molecule has 1 aliphatic rings. The van der Waals surface area contributed by atoms with Crippen LogP contribution in [0.2, 0.25) is 10.3 Å². The second kappa shape index (κ2) is 3.68. The fraction of sp³-hybridized carbons (Fsp3) is 0.500. The van der Waals surface area contributed by atoms with E-state index in [2.05, 4.69) is 9.97 Å². The average Bonchev–Trinajstić information content (AvgIpc) is 2.90. The van der Waals surface area contributed by atoms with Crippen LogP contribution >= 0.6 is 23.2 Å². The maximum Gasteiger partial charge on any atom is 0.237 e. The predicted molar refractivity (Wildman–Crippen MR) is 50.3 cm³/mol. The van der Waals surface area contributed by atoms with Gasteiger partial charge in [-0.3, -0.25) is 0 Å². The van der Waals surface area contributed by atoms with Crippen molar-refractivity contribution in [1.82, 2.24) is 9.97 Å². The van der Waals surface area contributed by atoms with E-state index < -0.39 is 0 Å². The summed E-state index contributed by atoms with van der Waals surface area (Å²) in [6.45, 7) is 0.674. The lowest BCUT2D eigenvalue weighted by Gasteiger charge is -2.04. The predicted octanol–water partition coefficient (Wildman–Crippen LogP) is 2.57. The molecule has 1 aliphatic carbocycles. The highest BCUT2D eigenvalue weighted by Crippen LogP contribution is 2.30.